The average Bonchev–Trinajstić information content (AvgIpc) is 2.99. The monoisotopic (exact) mass is 306 g/mol. The van der Waals surface area contributed by atoms with Crippen LogP contribution in [0.3, 0.4) is 0 Å². The highest BCUT2D eigenvalue weighted by molar-refractivity contribution is 5.98. The first kappa shape index (κ1) is 13.9. The molecule has 116 valence electrons. The molecule has 5 heteroatoms. The van der Waals surface area contributed by atoms with E-state index in [-0.39, 0.29) is 11.9 Å². The molecule has 5 nitrogen and oxygen atoms in total. The van der Waals surface area contributed by atoms with Crippen LogP contribution in [0.2, 0.25) is 0 Å². The number of carbonyl (C=O) groups is 1. The van der Waals surface area contributed by atoms with E-state index in [9.17, 15) is 4.79 Å². The maximum atomic E-state index is 12.6. The van der Waals surface area contributed by atoms with Gasteiger partial charge in [0.2, 0.25) is 0 Å². The Morgan fingerprint density at radius 2 is 2.22 bits per heavy atom. The zero-order valence-corrected chi connectivity index (χ0v) is 13.0. The zero-order chi connectivity index (χ0) is 15.8. The Balaban J connectivity index is 1.60. The fourth-order valence-electron chi connectivity index (χ4n) is 3.23. The summed E-state index contributed by atoms with van der Waals surface area (Å²) in [5.41, 5.74) is 3.67. The number of fused-ring (bicyclic) bond motifs is 2. The second-order valence-corrected chi connectivity index (χ2v) is 6.01. The number of hydrogen-bond acceptors (Lipinski definition) is 3. The van der Waals surface area contributed by atoms with Crippen molar-refractivity contribution in [1.29, 1.82) is 0 Å². The molecular formula is C18H18N4O. The van der Waals surface area contributed by atoms with Crippen LogP contribution < -0.4 is 5.32 Å². The lowest BCUT2D eigenvalue weighted by molar-refractivity contribution is 0.0928. The van der Waals surface area contributed by atoms with Crippen LogP contribution >= 0.6 is 0 Å². The minimum Gasteiger partial charge on any atom is -0.351 e. The summed E-state index contributed by atoms with van der Waals surface area (Å²) in [5, 5.41) is 4.16. The summed E-state index contributed by atoms with van der Waals surface area (Å²) in [5.74, 6) is 0.700. The van der Waals surface area contributed by atoms with Gasteiger partial charge in [0, 0.05) is 28.4 Å². The van der Waals surface area contributed by atoms with Crippen LogP contribution in [0.5, 0.6) is 0 Å². The second kappa shape index (κ2) is 5.50. The Kier molecular flexibility index (Phi) is 3.33. The van der Waals surface area contributed by atoms with Crippen molar-refractivity contribution >= 4 is 16.8 Å². The van der Waals surface area contributed by atoms with Crippen molar-refractivity contribution in [2.75, 3.05) is 0 Å². The van der Waals surface area contributed by atoms with Crippen LogP contribution in [0.15, 0.2) is 36.5 Å². The van der Waals surface area contributed by atoms with Gasteiger partial charge < -0.3 is 10.3 Å². The lowest BCUT2D eigenvalue weighted by atomic mass is 9.92. The topological polar surface area (TPSA) is 70.7 Å². The van der Waals surface area contributed by atoms with Crippen LogP contribution in [-0.2, 0) is 6.42 Å². The van der Waals surface area contributed by atoms with Gasteiger partial charge in [-0.05, 0) is 38.3 Å². The smallest absolute Gasteiger partial charge is 0.268 e. The summed E-state index contributed by atoms with van der Waals surface area (Å²) in [6.45, 7) is 1.90. The molecule has 0 spiro atoms. The lowest BCUT2D eigenvalue weighted by Gasteiger charge is -2.25. The van der Waals surface area contributed by atoms with Crippen molar-refractivity contribution in [3.63, 3.8) is 0 Å². The molecule has 1 aliphatic carbocycles. The predicted octanol–water partition coefficient (Wildman–Crippen LogP) is 3.07. The van der Waals surface area contributed by atoms with Gasteiger partial charge in [0.15, 0.2) is 0 Å². The molecule has 1 atom stereocenters. The number of rotatable bonds is 2. The highest BCUT2D eigenvalue weighted by atomic mass is 16.1. The Bertz CT molecular complexity index is 851. The number of nitrogens with zero attached hydrogens (tertiary/aromatic N) is 2. The van der Waals surface area contributed by atoms with E-state index in [4.69, 9.17) is 0 Å². The molecule has 2 heterocycles. The quantitative estimate of drug-likeness (QED) is 0.764. The van der Waals surface area contributed by atoms with E-state index in [1.165, 1.54) is 0 Å². The maximum absolute atomic E-state index is 12.6. The number of para-hydroxylation sites is 1. The summed E-state index contributed by atoms with van der Waals surface area (Å²) < 4.78 is 0. The number of benzene rings is 1. The molecule has 1 unspecified atom stereocenters. The van der Waals surface area contributed by atoms with Gasteiger partial charge in [-0.15, -0.1) is 0 Å². The van der Waals surface area contributed by atoms with Gasteiger partial charge in [-0.3, -0.25) is 4.79 Å². The third-order valence-electron chi connectivity index (χ3n) is 4.38. The van der Waals surface area contributed by atoms with Crippen LogP contribution in [0.25, 0.3) is 10.9 Å². The number of amides is 1. The summed E-state index contributed by atoms with van der Waals surface area (Å²) in [4.78, 5) is 24.5. The third kappa shape index (κ3) is 2.59. The number of carbonyl (C=O) groups excluding carboxylic acids is 1. The first-order valence-electron chi connectivity index (χ1n) is 7.92. The van der Waals surface area contributed by atoms with Crippen LogP contribution in [-0.4, -0.2) is 20.9 Å². The van der Waals surface area contributed by atoms with Crippen molar-refractivity contribution in [1.82, 2.24) is 20.3 Å². The summed E-state index contributed by atoms with van der Waals surface area (Å²) >= 11 is 0. The van der Waals surface area contributed by atoms with Crippen molar-refractivity contribution in [2.45, 2.75) is 32.2 Å². The van der Waals surface area contributed by atoms with E-state index in [1.807, 2.05) is 43.5 Å². The standard InChI is InChI=1S/C18H18N4O/c1-11-19-10-13-15(20-11)7-4-8-16(13)22-18(23)17-9-12-5-2-3-6-14(12)21-17/h2-3,5-6,9-10,16,21H,4,7-8H2,1H3,(H,22,23). The molecule has 2 aromatic heterocycles. The molecule has 0 saturated carbocycles. The molecule has 0 radical (unpaired) electrons. The Labute approximate surface area is 134 Å². The van der Waals surface area contributed by atoms with E-state index in [0.717, 1.165) is 47.2 Å². The molecule has 0 aliphatic heterocycles. The minimum atomic E-state index is -0.0837. The summed E-state index contributed by atoms with van der Waals surface area (Å²) in [6, 6.07) is 9.76. The van der Waals surface area contributed by atoms with Crippen molar-refractivity contribution in [2.24, 2.45) is 0 Å². The fourth-order valence-corrected chi connectivity index (χ4v) is 3.23. The number of H-pyrrole nitrogens is 1. The second-order valence-electron chi connectivity index (χ2n) is 6.01. The van der Waals surface area contributed by atoms with Gasteiger partial charge in [-0.2, -0.15) is 0 Å². The average molecular weight is 306 g/mol. The molecule has 0 fully saturated rings. The Morgan fingerprint density at radius 1 is 1.35 bits per heavy atom. The largest absolute Gasteiger partial charge is 0.351 e. The molecule has 1 amide bonds. The molecule has 23 heavy (non-hydrogen) atoms. The molecule has 4 rings (SSSR count). The van der Waals surface area contributed by atoms with E-state index in [2.05, 4.69) is 20.3 Å². The van der Waals surface area contributed by atoms with Gasteiger partial charge in [0.1, 0.15) is 11.5 Å². The van der Waals surface area contributed by atoms with Crippen LogP contribution in [0, 0.1) is 6.92 Å². The van der Waals surface area contributed by atoms with E-state index in [0.29, 0.717) is 5.69 Å². The van der Waals surface area contributed by atoms with Crippen LogP contribution in [0.1, 0.15) is 46.5 Å². The normalized spacial score (nSPS) is 17.0. The number of aromatic nitrogens is 3. The molecule has 0 saturated heterocycles. The predicted molar refractivity (Wildman–Crippen MR) is 88.2 cm³/mol. The van der Waals surface area contributed by atoms with Crippen LogP contribution in [0.4, 0.5) is 0 Å². The lowest BCUT2D eigenvalue weighted by Crippen LogP contribution is -2.31. The third-order valence-corrected chi connectivity index (χ3v) is 4.38. The number of aromatic amines is 1. The summed E-state index contributed by atoms with van der Waals surface area (Å²) in [7, 11) is 0. The first-order valence-corrected chi connectivity index (χ1v) is 7.92. The highest BCUT2D eigenvalue weighted by Gasteiger charge is 2.24. The zero-order valence-electron chi connectivity index (χ0n) is 13.0. The van der Waals surface area contributed by atoms with Gasteiger partial charge in [0.05, 0.1) is 6.04 Å². The van der Waals surface area contributed by atoms with E-state index >= 15 is 0 Å². The number of nitrogens with one attached hydrogen (secondary N) is 2. The molecule has 1 aromatic carbocycles. The highest BCUT2D eigenvalue weighted by Crippen LogP contribution is 2.28. The van der Waals surface area contributed by atoms with Gasteiger partial charge >= 0.3 is 0 Å². The molecule has 0 bridgehead atoms. The molecule has 3 aromatic rings. The number of hydrogen-bond donors (Lipinski definition) is 2. The molecule has 2 N–H and O–H groups in total. The van der Waals surface area contributed by atoms with E-state index < -0.39 is 0 Å². The summed E-state index contributed by atoms with van der Waals surface area (Å²) in [6.07, 6.45) is 4.76. The first-order chi connectivity index (χ1) is 11.2. The van der Waals surface area contributed by atoms with Crippen molar-refractivity contribution in [3.8, 4) is 0 Å². The maximum Gasteiger partial charge on any atom is 0.268 e. The molecular weight excluding hydrogens is 288 g/mol. The van der Waals surface area contributed by atoms with E-state index in [1.54, 1.807) is 0 Å². The number of aryl methyl sites for hydroxylation is 2. The Hall–Kier alpha value is -2.69. The van der Waals surface area contributed by atoms with Gasteiger partial charge in [0.25, 0.3) is 5.91 Å². The Morgan fingerprint density at radius 3 is 3.09 bits per heavy atom. The SMILES string of the molecule is Cc1ncc2c(n1)CCCC2NC(=O)c1cc2ccccc2[nH]1. The minimum absolute atomic E-state index is 0.0155. The van der Waals surface area contributed by atoms with Crippen molar-refractivity contribution in [3.05, 3.63) is 59.3 Å². The van der Waals surface area contributed by atoms with Crippen molar-refractivity contribution < 1.29 is 4.79 Å². The van der Waals surface area contributed by atoms with Gasteiger partial charge in [-0.1, -0.05) is 18.2 Å². The molecule has 1 aliphatic rings. The fraction of sp³-hybridized carbons (Fsp3) is 0.278. The van der Waals surface area contributed by atoms with Gasteiger partial charge in [-0.25, -0.2) is 9.97 Å².